The zero-order chi connectivity index (χ0) is 13.0. The summed E-state index contributed by atoms with van der Waals surface area (Å²) in [7, 11) is 3.99. The number of aryl methyl sites for hydroxylation is 1. The molecule has 0 aliphatic rings. The second kappa shape index (κ2) is 5.65. The third kappa shape index (κ3) is 2.68. The fourth-order valence-corrected chi connectivity index (χ4v) is 2.05. The molecule has 3 nitrogen and oxygen atoms in total. The highest BCUT2D eigenvalue weighted by molar-refractivity contribution is 5.61. The van der Waals surface area contributed by atoms with E-state index in [1.165, 1.54) is 11.1 Å². The molecule has 0 saturated carbocycles. The molecule has 0 spiro atoms. The van der Waals surface area contributed by atoms with Crippen LogP contribution in [0, 0.1) is 6.92 Å². The number of anilines is 2. The highest BCUT2D eigenvalue weighted by Gasteiger charge is 2.08. The standard InChI is InChI=1S/C15H19N3/c1-12-9-13(10-16-2)11-17-15(12)18(3)14-7-5-4-6-8-14/h4-9,11,16H,10H2,1-3H3. The van der Waals surface area contributed by atoms with Crippen molar-refractivity contribution in [2.45, 2.75) is 13.5 Å². The van der Waals surface area contributed by atoms with Crippen molar-refractivity contribution in [1.82, 2.24) is 10.3 Å². The molecule has 0 aliphatic carbocycles. The second-order valence-corrected chi connectivity index (χ2v) is 4.41. The van der Waals surface area contributed by atoms with Crippen molar-refractivity contribution in [3.8, 4) is 0 Å². The summed E-state index contributed by atoms with van der Waals surface area (Å²) in [5.41, 5.74) is 3.55. The molecule has 0 amide bonds. The summed E-state index contributed by atoms with van der Waals surface area (Å²) < 4.78 is 0. The van der Waals surface area contributed by atoms with Crippen LogP contribution in [0.15, 0.2) is 42.6 Å². The Morgan fingerprint density at radius 3 is 2.56 bits per heavy atom. The molecule has 0 saturated heterocycles. The molecule has 94 valence electrons. The Kier molecular flexibility index (Phi) is 3.95. The topological polar surface area (TPSA) is 28.2 Å². The summed E-state index contributed by atoms with van der Waals surface area (Å²) in [5.74, 6) is 1.00. The first kappa shape index (κ1) is 12.6. The largest absolute Gasteiger partial charge is 0.329 e. The number of hydrogen-bond acceptors (Lipinski definition) is 3. The number of nitrogens with one attached hydrogen (secondary N) is 1. The third-order valence-corrected chi connectivity index (χ3v) is 2.95. The van der Waals surface area contributed by atoms with Gasteiger partial charge in [0.15, 0.2) is 0 Å². The van der Waals surface area contributed by atoms with Gasteiger partial charge in [-0.3, -0.25) is 0 Å². The molecule has 1 heterocycles. The fourth-order valence-electron chi connectivity index (χ4n) is 2.05. The number of rotatable bonds is 4. The number of para-hydroxylation sites is 1. The van der Waals surface area contributed by atoms with E-state index in [0.717, 1.165) is 18.1 Å². The number of aromatic nitrogens is 1. The highest BCUT2D eigenvalue weighted by atomic mass is 15.2. The molecule has 1 aromatic heterocycles. The van der Waals surface area contributed by atoms with Crippen molar-refractivity contribution in [3.63, 3.8) is 0 Å². The predicted molar refractivity (Wildman–Crippen MR) is 76.2 cm³/mol. The van der Waals surface area contributed by atoms with Gasteiger partial charge in [-0.2, -0.15) is 0 Å². The summed E-state index contributed by atoms with van der Waals surface area (Å²) in [6, 6.07) is 12.4. The van der Waals surface area contributed by atoms with Crippen LogP contribution in [0.25, 0.3) is 0 Å². The molecule has 1 aromatic carbocycles. The van der Waals surface area contributed by atoms with Gasteiger partial charge in [0.25, 0.3) is 0 Å². The molecular weight excluding hydrogens is 222 g/mol. The lowest BCUT2D eigenvalue weighted by molar-refractivity contribution is 0.811. The van der Waals surface area contributed by atoms with E-state index in [9.17, 15) is 0 Å². The van der Waals surface area contributed by atoms with Crippen molar-refractivity contribution in [1.29, 1.82) is 0 Å². The lowest BCUT2D eigenvalue weighted by atomic mass is 10.2. The van der Waals surface area contributed by atoms with E-state index >= 15 is 0 Å². The molecule has 0 atom stereocenters. The number of hydrogen-bond donors (Lipinski definition) is 1. The van der Waals surface area contributed by atoms with E-state index in [1.807, 2.05) is 38.5 Å². The van der Waals surface area contributed by atoms with Gasteiger partial charge in [0.2, 0.25) is 0 Å². The Balaban J connectivity index is 2.28. The summed E-state index contributed by atoms with van der Waals surface area (Å²) in [5, 5.41) is 3.14. The van der Waals surface area contributed by atoms with Crippen molar-refractivity contribution in [2.24, 2.45) is 0 Å². The summed E-state index contributed by atoms with van der Waals surface area (Å²) in [6.07, 6.45) is 1.93. The Hall–Kier alpha value is -1.87. The lowest BCUT2D eigenvalue weighted by Crippen LogP contribution is -2.13. The minimum Gasteiger partial charge on any atom is -0.329 e. The molecule has 0 radical (unpaired) electrons. The zero-order valence-electron chi connectivity index (χ0n) is 11.1. The van der Waals surface area contributed by atoms with Crippen molar-refractivity contribution >= 4 is 11.5 Å². The van der Waals surface area contributed by atoms with Crippen LogP contribution in [-0.2, 0) is 6.54 Å². The summed E-state index contributed by atoms with van der Waals surface area (Å²) in [6.45, 7) is 2.95. The Morgan fingerprint density at radius 1 is 1.22 bits per heavy atom. The van der Waals surface area contributed by atoms with Gasteiger partial charge in [-0.15, -0.1) is 0 Å². The molecule has 1 N–H and O–H groups in total. The third-order valence-electron chi connectivity index (χ3n) is 2.95. The van der Waals surface area contributed by atoms with Gasteiger partial charge in [-0.05, 0) is 43.3 Å². The van der Waals surface area contributed by atoms with E-state index < -0.39 is 0 Å². The van der Waals surface area contributed by atoms with Crippen LogP contribution in [0.1, 0.15) is 11.1 Å². The van der Waals surface area contributed by atoms with Gasteiger partial charge >= 0.3 is 0 Å². The first-order valence-corrected chi connectivity index (χ1v) is 6.11. The maximum atomic E-state index is 4.56. The first-order valence-electron chi connectivity index (χ1n) is 6.11. The van der Waals surface area contributed by atoms with Crippen LogP contribution in [-0.4, -0.2) is 19.1 Å². The fraction of sp³-hybridized carbons (Fsp3) is 0.267. The molecule has 0 aliphatic heterocycles. The molecule has 0 unspecified atom stereocenters. The van der Waals surface area contributed by atoms with E-state index in [1.54, 1.807) is 0 Å². The Bertz CT molecular complexity index is 508. The average Bonchev–Trinajstić information content (AvgIpc) is 2.40. The van der Waals surface area contributed by atoms with Gasteiger partial charge in [-0.25, -0.2) is 4.98 Å². The SMILES string of the molecule is CNCc1cnc(N(C)c2ccccc2)c(C)c1. The second-order valence-electron chi connectivity index (χ2n) is 4.41. The first-order chi connectivity index (χ1) is 8.72. The van der Waals surface area contributed by atoms with E-state index in [4.69, 9.17) is 0 Å². The Labute approximate surface area is 108 Å². The molecule has 3 heteroatoms. The van der Waals surface area contributed by atoms with Crippen LogP contribution < -0.4 is 10.2 Å². The van der Waals surface area contributed by atoms with E-state index in [2.05, 4.69) is 40.3 Å². The minimum atomic E-state index is 0.850. The van der Waals surface area contributed by atoms with Gasteiger partial charge < -0.3 is 10.2 Å². The maximum absolute atomic E-state index is 4.56. The van der Waals surface area contributed by atoms with Gasteiger partial charge in [0.05, 0.1) is 0 Å². The molecule has 0 fully saturated rings. The summed E-state index contributed by atoms with van der Waals surface area (Å²) in [4.78, 5) is 6.67. The van der Waals surface area contributed by atoms with Gasteiger partial charge in [0.1, 0.15) is 5.82 Å². The van der Waals surface area contributed by atoms with Crippen molar-refractivity contribution in [2.75, 3.05) is 19.0 Å². The maximum Gasteiger partial charge on any atom is 0.135 e. The van der Waals surface area contributed by atoms with E-state index in [0.29, 0.717) is 0 Å². The quantitative estimate of drug-likeness (QED) is 0.892. The normalized spacial score (nSPS) is 10.4. The molecular formula is C15H19N3. The van der Waals surface area contributed by atoms with Crippen molar-refractivity contribution in [3.05, 3.63) is 53.7 Å². The Morgan fingerprint density at radius 2 is 1.94 bits per heavy atom. The van der Waals surface area contributed by atoms with E-state index in [-0.39, 0.29) is 0 Å². The average molecular weight is 241 g/mol. The van der Waals surface area contributed by atoms with Crippen LogP contribution in [0.2, 0.25) is 0 Å². The van der Waals surface area contributed by atoms with Crippen LogP contribution in [0.4, 0.5) is 11.5 Å². The predicted octanol–water partition coefficient (Wildman–Crippen LogP) is 2.88. The van der Waals surface area contributed by atoms with Crippen LogP contribution in [0.3, 0.4) is 0 Å². The molecule has 18 heavy (non-hydrogen) atoms. The molecule has 0 bridgehead atoms. The molecule has 2 rings (SSSR count). The van der Waals surface area contributed by atoms with Crippen LogP contribution >= 0.6 is 0 Å². The lowest BCUT2D eigenvalue weighted by Gasteiger charge is -2.20. The van der Waals surface area contributed by atoms with Crippen molar-refractivity contribution < 1.29 is 0 Å². The molecule has 2 aromatic rings. The van der Waals surface area contributed by atoms with Gasteiger partial charge in [0, 0.05) is 25.5 Å². The number of benzene rings is 1. The minimum absolute atomic E-state index is 0.850. The highest BCUT2D eigenvalue weighted by Crippen LogP contribution is 2.24. The number of nitrogens with zero attached hydrogens (tertiary/aromatic N) is 2. The zero-order valence-corrected chi connectivity index (χ0v) is 11.1. The van der Waals surface area contributed by atoms with Crippen LogP contribution in [0.5, 0.6) is 0 Å². The summed E-state index contributed by atoms with van der Waals surface area (Å²) >= 11 is 0. The monoisotopic (exact) mass is 241 g/mol. The number of pyridine rings is 1. The van der Waals surface area contributed by atoms with Gasteiger partial charge in [-0.1, -0.05) is 18.2 Å². The smallest absolute Gasteiger partial charge is 0.135 e.